The molecule has 66 valence electrons. The van der Waals surface area contributed by atoms with Gasteiger partial charge in [0.25, 0.3) is 5.82 Å². The third kappa shape index (κ3) is 1.48. The zero-order valence-electron chi connectivity index (χ0n) is 7.19. The molecule has 0 aliphatic rings. The molecule has 1 rings (SSSR count). The molecule has 0 aliphatic heterocycles. The molecule has 0 amide bonds. The normalized spacial score (nSPS) is 9.92. The standard InChI is InChI=1S/C8H12N2O2/c1-9(2)8-5-3-4-7(6-11)10(8)12/h3-5,11H,6H2,1-2H3. The van der Waals surface area contributed by atoms with E-state index >= 15 is 0 Å². The van der Waals surface area contributed by atoms with Gasteiger partial charge in [0.15, 0.2) is 0 Å². The first-order valence-electron chi connectivity index (χ1n) is 3.66. The van der Waals surface area contributed by atoms with Crippen LogP contribution in [0.1, 0.15) is 5.69 Å². The highest BCUT2D eigenvalue weighted by Crippen LogP contribution is 2.04. The maximum Gasteiger partial charge on any atom is 0.279 e. The number of anilines is 1. The van der Waals surface area contributed by atoms with E-state index in [4.69, 9.17) is 5.11 Å². The average molecular weight is 168 g/mol. The molecule has 4 heteroatoms. The Balaban J connectivity index is 3.14. The smallest absolute Gasteiger partial charge is 0.279 e. The van der Waals surface area contributed by atoms with E-state index in [2.05, 4.69) is 0 Å². The number of nitrogens with zero attached hydrogens (tertiary/aromatic N) is 2. The maximum absolute atomic E-state index is 11.4. The lowest BCUT2D eigenvalue weighted by atomic mass is 10.3. The Kier molecular flexibility index (Phi) is 2.50. The van der Waals surface area contributed by atoms with Crippen LogP contribution in [0.3, 0.4) is 0 Å². The number of aromatic nitrogens is 1. The summed E-state index contributed by atoms with van der Waals surface area (Å²) in [6, 6.07) is 5.04. The molecule has 1 N–H and O–H groups in total. The summed E-state index contributed by atoms with van der Waals surface area (Å²) in [5.41, 5.74) is 0.362. The van der Waals surface area contributed by atoms with E-state index in [1.807, 2.05) is 0 Å². The predicted octanol–water partition coefficient (Wildman–Crippen LogP) is -0.122. The van der Waals surface area contributed by atoms with Crippen molar-refractivity contribution in [3.8, 4) is 0 Å². The van der Waals surface area contributed by atoms with Crippen molar-refractivity contribution < 1.29 is 9.84 Å². The van der Waals surface area contributed by atoms with Crippen molar-refractivity contribution in [1.29, 1.82) is 0 Å². The molecular weight excluding hydrogens is 156 g/mol. The Labute approximate surface area is 71.3 Å². The fraction of sp³-hybridized carbons (Fsp3) is 0.375. The molecule has 1 aromatic rings. The summed E-state index contributed by atoms with van der Waals surface area (Å²) in [6.45, 7) is -0.231. The molecule has 0 aromatic carbocycles. The number of rotatable bonds is 2. The second kappa shape index (κ2) is 3.40. The molecule has 0 unspecified atom stereocenters. The molecule has 12 heavy (non-hydrogen) atoms. The van der Waals surface area contributed by atoms with Gasteiger partial charge in [-0.25, -0.2) is 4.73 Å². The zero-order valence-corrected chi connectivity index (χ0v) is 7.19. The van der Waals surface area contributed by atoms with Crippen LogP contribution in [-0.2, 0) is 6.61 Å². The van der Waals surface area contributed by atoms with E-state index in [1.54, 1.807) is 37.2 Å². The van der Waals surface area contributed by atoms with Crippen molar-refractivity contribution in [3.05, 3.63) is 29.1 Å². The number of aliphatic hydroxyl groups is 1. The molecule has 1 aromatic heterocycles. The minimum atomic E-state index is -0.231. The van der Waals surface area contributed by atoms with E-state index in [0.29, 0.717) is 11.5 Å². The number of aliphatic hydroxyl groups excluding tert-OH is 1. The van der Waals surface area contributed by atoms with Crippen LogP contribution in [0.2, 0.25) is 0 Å². The second-order valence-electron chi connectivity index (χ2n) is 2.72. The first-order chi connectivity index (χ1) is 5.66. The first-order valence-corrected chi connectivity index (χ1v) is 3.66. The van der Waals surface area contributed by atoms with Crippen LogP contribution in [0.15, 0.2) is 18.2 Å². The number of hydrogen-bond acceptors (Lipinski definition) is 3. The van der Waals surface area contributed by atoms with Gasteiger partial charge in [-0.15, -0.1) is 0 Å². The summed E-state index contributed by atoms with van der Waals surface area (Å²) >= 11 is 0. The van der Waals surface area contributed by atoms with E-state index in [9.17, 15) is 5.21 Å². The number of pyridine rings is 1. The van der Waals surface area contributed by atoms with Crippen LogP contribution in [0.25, 0.3) is 0 Å². The van der Waals surface area contributed by atoms with Gasteiger partial charge in [0, 0.05) is 6.07 Å². The van der Waals surface area contributed by atoms with Crippen molar-refractivity contribution in [2.75, 3.05) is 19.0 Å². The zero-order chi connectivity index (χ0) is 9.14. The van der Waals surface area contributed by atoms with Crippen LogP contribution in [0, 0.1) is 5.21 Å². The SMILES string of the molecule is CN(C)c1cccc(CO)[n+]1[O-]. The average Bonchev–Trinajstić information content (AvgIpc) is 2.04. The molecular formula is C8H12N2O2. The van der Waals surface area contributed by atoms with Crippen LogP contribution < -0.4 is 9.63 Å². The Morgan fingerprint density at radius 3 is 2.67 bits per heavy atom. The summed E-state index contributed by atoms with van der Waals surface area (Å²) in [4.78, 5) is 1.70. The highest BCUT2D eigenvalue weighted by Gasteiger charge is 2.08. The lowest BCUT2D eigenvalue weighted by Crippen LogP contribution is -2.38. The third-order valence-corrected chi connectivity index (χ3v) is 1.62. The minimum absolute atomic E-state index is 0.231. The highest BCUT2D eigenvalue weighted by atomic mass is 16.5. The quantitative estimate of drug-likeness (QED) is 0.494. The summed E-state index contributed by atoms with van der Waals surface area (Å²) < 4.78 is 0.722. The van der Waals surface area contributed by atoms with Gasteiger partial charge in [-0.05, 0) is 6.07 Å². The van der Waals surface area contributed by atoms with Crippen molar-refractivity contribution in [2.45, 2.75) is 6.61 Å². The van der Waals surface area contributed by atoms with E-state index in [1.165, 1.54) is 0 Å². The van der Waals surface area contributed by atoms with Crippen LogP contribution in [0.4, 0.5) is 5.82 Å². The minimum Gasteiger partial charge on any atom is -0.710 e. The molecule has 0 atom stereocenters. The lowest BCUT2D eigenvalue weighted by Gasteiger charge is -2.15. The van der Waals surface area contributed by atoms with E-state index < -0.39 is 0 Å². The van der Waals surface area contributed by atoms with E-state index in [0.717, 1.165) is 4.73 Å². The Morgan fingerprint density at radius 2 is 2.17 bits per heavy atom. The maximum atomic E-state index is 11.4. The largest absolute Gasteiger partial charge is 0.710 e. The first kappa shape index (κ1) is 8.80. The van der Waals surface area contributed by atoms with Crippen LogP contribution in [0.5, 0.6) is 0 Å². The Hall–Kier alpha value is -1.29. The highest BCUT2D eigenvalue weighted by molar-refractivity contribution is 5.30. The Morgan fingerprint density at radius 1 is 1.50 bits per heavy atom. The summed E-state index contributed by atoms with van der Waals surface area (Å²) in [6.07, 6.45) is 0. The summed E-state index contributed by atoms with van der Waals surface area (Å²) in [7, 11) is 3.57. The second-order valence-corrected chi connectivity index (χ2v) is 2.72. The molecule has 0 fully saturated rings. The van der Waals surface area contributed by atoms with Gasteiger partial charge in [-0.3, -0.25) is 4.90 Å². The monoisotopic (exact) mass is 168 g/mol. The van der Waals surface area contributed by atoms with Gasteiger partial charge < -0.3 is 10.3 Å². The molecule has 0 saturated heterocycles. The molecule has 0 aliphatic carbocycles. The molecule has 0 radical (unpaired) electrons. The Bertz CT molecular complexity index is 274. The van der Waals surface area contributed by atoms with Gasteiger partial charge in [0.2, 0.25) is 0 Å². The van der Waals surface area contributed by atoms with Crippen molar-refractivity contribution in [2.24, 2.45) is 0 Å². The molecule has 1 heterocycles. The summed E-state index contributed by atoms with van der Waals surface area (Å²) in [5, 5.41) is 20.1. The fourth-order valence-corrected chi connectivity index (χ4v) is 0.975. The molecule has 4 nitrogen and oxygen atoms in total. The van der Waals surface area contributed by atoms with Crippen LogP contribution >= 0.6 is 0 Å². The van der Waals surface area contributed by atoms with Gasteiger partial charge in [0.05, 0.1) is 14.1 Å². The molecule has 0 bridgehead atoms. The topological polar surface area (TPSA) is 50.4 Å². The van der Waals surface area contributed by atoms with Gasteiger partial charge in [0.1, 0.15) is 12.3 Å². The van der Waals surface area contributed by atoms with Crippen molar-refractivity contribution in [1.82, 2.24) is 0 Å². The number of hydrogen-bond donors (Lipinski definition) is 1. The van der Waals surface area contributed by atoms with Gasteiger partial charge in [-0.2, -0.15) is 0 Å². The third-order valence-electron chi connectivity index (χ3n) is 1.62. The van der Waals surface area contributed by atoms with Gasteiger partial charge in [-0.1, -0.05) is 6.07 Å². The van der Waals surface area contributed by atoms with Crippen molar-refractivity contribution >= 4 is 5.82 Å². The predicted molar refractivity (Wildman–Crippen MR) is 45.7 cm³/mol. The fourth-order valence-electron chi connectivity index (χ4n) is 0.975. The van der Waals surface area contributed by atoms with E-state index in [-0.39, 0.29) is 6.61 Å². The molecule has 0 saturated carbocycles. The van der Waals surface area contributed by atoms with Gasteiger partial charge >= 0.3 is 0 Å². The summed E-state index contributed by atoms with van der Waals surface area (Å²) in [5.74, 6) is 0.529. The molecule has 0 spiro atoms. The van der Waals surface area contributed by atoms with Crippen molar-refractivity contribution in [3.63, 3.8) is 0 Å². The van der Waals surface area contributed by atoms with Crippen LogP contribution in [-0.4, -0.2) is 19.2 Å². The lowest BCUT2D eigenvalue weighted by molar-refractivity contribution is -0.603.